The van der Waals surface area contributed by atoms with Crippen LogP contribution in [0.15, 0.2) is 28.0 Å². The van der Waals surface area contributed by atoms with Crippen LogP contribution >= 0.6 is 11.8 Å². The molecule has 10 nitrogen and oxygen atoms in total. The number of furan rings is 1. The van der Waals surface area contributed by atoms with Gasteiger partial charge in [-0.3, -0.25) is 19.1 Å². The van der Waals surface area contributed by atoms with E-state index in [9.17, 15) is 14.4 Å². The summed E-state index contributed by atoms with van der Waals surface area (Å²) in [5.41, 5.74) is 5.22. The Balaban J connectivity index is 1.74. The summed E-state index contributed by atoms with van der Waals surface area (Å²) in [4.78, 5) is 35.9. The van der Waals surface area contributed by atoms with Gasteiger partial charge in [0.25, 0.3) is 0 Å². The smallest absolute Gasteiger partial charge is 0.324 e. The molecule has 0 atom stereocenters. The van der Waals surface area contributed by atoms with Gasteiger partial charge in [0.05, 0.1) is 12.0 Å². The number of nitrogens with zero attached hydrogens (tertiary/aromatic N) is 4. The van der Waals surface area contributed by atoms with Crippen molar-refractivity contribution in [2.75, 3.05) is 18.8 Å². The van der Waals surface area contributed by atoms with E-state index in [4.69, 9.17) is 10.2 Å². The molecule has 0 radical (unpaired) electrons. The fourth-order valence-electron chi connectivity index (χ4n) is 2.32. The lowest BCUT2D eigenvalue weighted by Crippen LogP contribution is -2.35. The first kappa shape index (κ1) is 17.0. The van der Waals surface area contributed by atoms with Crippen LogP contribution in [0.5, 0.6) is 0 Å². The maximum absolute atomic E-state index is 12.1. The molecule has 2 aromatic heterocycles. The highest BCUT2D eigenvalue weighted by molar-refractivity contribution is 7.99. The molecule has 1 aliphatic heterocycles. The molecule has 0 saturated carbocycles. The number of imide groups is 1. The number of thioether (sulfide) groups is 1. The number of amides is 4. The van der Waals surface area contributed by atoms with E-state index in [1.807, 2.05) is 0 Å². The summed E-state index contributed by atoms with van der Waals surface area (Å²) >= 11 is 1.14. The standard InChI is InChI=1S/C14H16N6O4S/c15-10(21)3-5-20-12(9-2-1-7-24-9)17-18-14(20)25-8-11(22)19-6-4-16-13(19)23/h1-2,7H,3-6,8H2,(H2,15,21)(H,16,23). The summed E-state index contributed by atoms with van der Waals surface area (Å²) in [7, 11) is 0. The molecule has 3 rings (SSSR count). The predicted octanol–water partition coefficient (Wildman–Crippen LogP) is 0.0574. The highest BCUT2D eigenvalue weighted by Crippen LogP contribution is 2.25. The summed E-state index contributed by atoms with van der Waals surface area (Å²) in [6, 6.07) is 3.04. The zero-order chi connectivity index (χ0) is 17.8. The van der Waals surface area contributed by atoms with Crippen LogP contribution < -0.4 is 11.1 Å². The fourth-order valence-corrected chi connectivity index (χ4v) is 3.16. The van der Waals surface area contributed by atoms with Crippen LogP contribution in [0, 0.1) is 0 Å². The van der Waals surface area contributed by atoms with Crippen LogP contribution in [-0.4, -0.2) is 56.4 Å². The monoisotopic (exact) mass is 364 g/mol. The third-order valence-electron chi connectivity index (χ3n) is 3.52. The van der Waals surface area contributed by atoms with Crippen LogP contribution in [0.4, 0.5) is 4.79 Å². The van der Waals surface area contributed by atoms with Crippen molar-refractivity contribution in [3.63, 3.8) is 0 Å². The predicted molar refractivity (Wildman–Crippen MR) is 87.4 cm³/mol. The van der Waals surface area contributed by atoms with Gasteiger partial charge in [0.2, 0.25) is 11.8 Å². The summed E-state index contributed by atoms with van der Waals surface area (Å²) in [5, 5.41) is 11.1. The topological polar surface area (TPSA) is 136 Å². The maximum atomic E-state index is 12.1. The molecule has 0 aliphatic carbocycles. The van der Waals surface area contributed by atoms with Crippen molar-refractivity contribution in [2.45, 2.75) is 18.1 Å². The highest BCUT2D eigenvalue weighted by Gasteiger charge is 2.26. The molecule has 3 heterocycles. The normalized spacial score (nSPS) is 13.9. The number of hydrogen-bond donors (Lipinski definition) is 2. The van der Waals surface area contributed by atoms with Gasteiger partial charge >= 0.3 is 6.03 Å². The number of primary amides is 1. The van der Waals surface area contributed by atoms with E-state index >= 15 is 0 Å². The van der Waals surface area contributed by atoms with Crippen LogP contribution in [0.3, 0.4) is 0 Å². The van der Waals surface area contributed by atoms with Crippen LogP contribution in [0.25, 0.3) is 11.6 Å². The summed E-state index contributed by atoms with van der Waals surface area (Å²) in [5.74, 6) is 0.193. The Labute approximate surface area is 146 Å². The van der Waals surface area contributed by atoms with E-state index in [1.54, 1.807) is 16.7 Å². The van der Waals surface area contributed by atoms with Gasteiger partial charge in [0.15, 0.2) is 16.7 Å². The molecule has 0 bridgehead atoms. The first-order chi connectivity index (χ1) is 12.1. The van der Waals surface area contributed by atoms with Gasteiger partial charge in [-0.15, -0.1) is 10.2 Å². The van der Waals surface area contributed by atoms with Crippen LogP contribution in [0.2, 0.25) is 0 Å². The van der Waals surface area contributed by atoms with E-state index in [2.05, 4.69) is 15.5 Å². The van der Waals surface area contributed by atoms with Crippen LogP contribution in [-0.2, 0) is 16.1 Å². The van der Waals surface area contributed by atoms with E-state index < -0.39 is 11.9 Å². The van der Waals surface area contributed by atoms with Gasteiger partial charge in [0, 0.05) is 26.1 Å². The summed E-state index contributed by atoms with van der Waals surface area (Å²) in [6.45, 7) is 1.07. The largest absolute Gasteiger partial charge is 0.461 e. The third kappa shape index (κ3) is 3.82. The van der Waals surface area contributed by atoms with E-state index in [1.165, 1.54) is 6.26 Å². The second kappa shape index (κ2) is 7.38. The fraction of sp³-hybridized carbons (Fsp3) is 0.357. The average molecular weight is 364 g/mol. The molecule has 25 heavy (non-hydrogen) atoms. The quantitative estimate of drug-likeness (QED) is 0.663. The van der Waals surface area contributed by atoms with Crippen molar-refractivity contribution >= 4 is 29.6 Å². The molecule has 0 unspecified atom stereocenters. The Morgan fingerprint density at radius 3 is 2.88 bits per heavy atom. The Morgan fingerprint density at radius 1 is 1.40 bits per heavy atom. The Morgan fingerprint density at radius 2 is 2.24 bits per heavy atom. The Kier molecular flexibility index (Phi) is 5.03. The molecule has 3 N–H and O–H groups in total. The minimum Gasteiger partial charge on any atom is -0.461 e. The van der Waals surface area contributed by atoms with Gasteiger partial charge in [-0.2, -0.15) is 0 Å². The third-order valence-corrected chi connectivity index (χ3v) is 4.47. The number of nitrogens with one attached hydrogen (secondary N) is 1. The lowest BCUT2D eigenvalue weighted by molar-refractivity contribution is -0.124. The number of aromatic nitrogens is 3. The van der Waals surface area contributed by atoms with Gasteiger partial charge < -0.3 is 15.5 Å². The van der Waals surface area contributed by atoms with Gasteiger partial charge in [-0.1, -0.05) is 11.8 Å². The van der Waals surface area contributed by atoms with Gasteiger partial charge in [0.1, 0.15) is 0 Å². The number of carbonyl (C=O) groups is 3. The van der Waals surface area contributed by atoms with Crippen molar-refractivity contribution in [2.24, 2.45) is 5.73 Å². The highest BCUT2D eigenvalue weighted by atomic mass is 32.2. The number of nitrogens with two attached hydrogens (primary N) is 1. The molecule has 1 fully saturated rings. The number of hydrogen-bond acceptors (Lipinski definition) is 7. The van der Waals surface area contributed by atoms with Gasteiger partial charge in [-0.05, 0) is 12.1 Å². The Bertz CT molecular complexity index is 787. The molecule has 11 heteroatoms. The van der Waals surface area contributed by atoms with E-state index in [-0.39, 0.29) is 24.6 Å². The van der Waals surface area contributed by atoms with Crippen molar-refractivity contribution in [1.82, 2.24) is 25.0 Å². The molecule has 2 aromatic rings. The van der Waals surface area contributed by atoms with E-state index in [0.29, 0.717) is 29.8 Å². The molecule has 4 amide bonds. The molecule has 132 valence electrons. The average Bonchev–Trinajstić information content (AvgIpc) is 3.30. The zero-order valence-electron chi connectivity index (χ0n) is 13.2. The first-order valence-corrected chi connectivity index (χ1v) is 8.51. The van der Waals surface area contributed by atoms with Crippen molar-refractivity contribution in [3.05, 3.63) is 18.4 Å². The minimum atomic E-state index is -0.458. The molecule has 1 saturated heterocycles. The second-order valence-electron chi connectivity index (χ2n) is 5.22. The van der Waals surface area contributed by atoms with Crippen molar-refractivity contribution in [3.8, 4) is 11.6 Å². The minimum absolute atomic E-state index is 0.0281. The summed E-state index contributed by atoms with van der Waals surface area (Å²) in [6.07, 6.45) is 1.60. The van der Waals surface area contributed by atoms with Crippen molar-refractivity contribution < 1.29 is 18.8 Å². The Hall–Kier alpha value is -2.82. The van der Waals surface area contributed by atoms with Gasteiger partial charge in [-0.25, -0.2) is 4.79 Å². The lowest BCUT2D eigenvalue weighted by atomic mass is 10.3. The number of carbonyl (C=O) groups excluding carboxylic acids is 3. The lowest BCUT2D eigenvalue weighted by Gasteiger charge is -2.12. The molecule has 0 aromatic carbocycles. The van der Waals surface area contributed by atoms with Crippen LogP contribution in [0.1, 0.15) is 6.42 Å². The van der Waals surface area contributed by atoms with E-state index in [0.717, 1.165) is 16.7 Å². The number of urea groups is 1. The SMILES string of the molecule is NC(=O)CCn1c(SCC(=O)N2CCNC2=O)nnc1-c1ccco1. The molecule has 0 spiro atoms. The first-order valence-electron chi connectivity index (χ1n) is 7.52. The van der Waals surface area contributed by atoms with Crippen molar-refractivity contribution in [1.29, 1.82) is 0 Å². The zero-order valence-corrected chi connectivity index (χ0v) is 14.0. The summed E-state index contributed by atoms with van der Waals surface area (Å²) < 4.78 is 7.00. The molecular weight excluding hydrogens is 348 g/mol. The molecular formula is C14H16N6O4S. The number of rotatable bonds is 7. The maximum Gasteiger partial charge on any atom is 0.324 e. The second-order valence-corrected chi connectivity index (χ2v) is 6.16. The molecule has 1 aliphatic rings.